The highest BCUT2D eigenvalue weighted by atomic mass is 35.5. The molecule has 1 fully saturated rings. The Kier molecular flexibility index (Phi) is 3.41. The fourth-order valence-corrected chi connectivity index (χ4v) is 2.44. The normalized spacial score (nSPS) is 26.0. The molecular weight excluding hydrogens is 220 g/mol. The molecular formula is C13H19ClN2. The topological polar surface area (TPSA) is 15.3 Å². The molecule has 0 bridgehead atoms. The lowest BCUT2D eigenvalue weighted by Crippen LogP contribution is -2.25. The van der Waals surface area contributed by atoms with Crippen molar-refractivity contribution in [3.8, 4) is 0 Å². The zero-order valence-corrected chi connectivity index (χ0v) is 10.9. The quantitative estimate of drug-likeness (QED) is 0.852. The van der Waals surface area contributed by atoms with Crippen molar-refractivity contribution in [3.63, 3.8) is 0 Å². The summed E-state index contributed by atoms with van der Waals surface area (Å²) in [5.41, 5.74) is 2.42. The van der Waals surface area contributed by atoms with Gasteiger partial charge in [-0.3, -0.25) is 0 Å². The van der Waals surface area contributed by atoms with Gasteiger partial charge >= 0.3 is 0 Å². The van der Waals surface area contributed by atoms with E-state index in [1.54, 1.807) is 0 Å². The summed E-state index contributed by atoms with van der Waals surface area (Å²) in [4.78, 5) is 2.39. The molecule has 16 heavy (non-hydrogen) atoms. The van der Waals surface area contributed by atoms with Crippen LogP contribution < -0.4 is 5.32 Å². The average Bonchev–Trinajstić information content (AvgIpc) is 2.52. The van der Waals surface area contributed by atoms with Gasteiger partial charge in [-0.2, -0.15) is 0 Å². The monoisotopic (exact) mass is 238 g/mol. The maximum Gasteiger partial charge on any atom is 0.0426 e. The van der Waals surface area contributed by atoms with Crippen molar-refractivity contribution in [1.29, 1.82) is 0 Å². The van der Waals surface area contributed by atoms with E-state index in [0.29, 0.717) is 12.1 Å². The maximum absolute atomic E-state index is 6.01. The third-order valence-corrected chi connectivity index (χ3v) is 3.68. The molecule has 0 amide bonds. The molecule has 0 aromatic heterocycles. The Bertz CT molecular complexity index is 368. The van der Waals surface area contributed by atoms with Crippen LogP contribution in [0.5, 0.6) is 0 Å². The van der Waals surface area contributed by atoms with E-state index in [4.69, 9.17) is 11.6 Å². The van der Waals surface area contributed by atoms with E-state index >= 15 is 0 Å². The molecule has 1 aliphatic heterocycles. The molecule has 2 nitrogen and oxygen atoms in total. The van der Waals surface area contributed by atoms with Crippen LogP contribution in [0.15, 0.2) is 18.2 Å². The van der Waals surface area contributed by atoms with Crippen LogP contribution in [-0.2, 0) is 0 Å². The Morgan fingerprint density at radius 3 is 2.81 bits per heavy atom. The predicted molar refractivity (Wildman–Crippen MR) is 70.3 cm³/mol. The minimum Gasteiger partial charge on any atom is -0.381 e. The summed E-state index contributed by atoms with van der Waals surface area (Å²) < 4.78 is 0. The smallest absolute Gasteiger partial charge is 0.0426 e. The van der Waals surface area contributed by atoms with Crippen molar-refractivity contribution in [2.75, 3.05) is 18.9 Å². The minimum atomic E-state index is 0.539. The van der Waals surface area contributed by atoms with Crippen molar-refractivity contribution in [2.45, 2.75) is 32.4 Å². The lowest BCUT2D eigenvalue weighted by Gasteiger charge is -2.16. The zero-order chi connectivity index (χ0) is 11.7. The molecule has 1 aromatic rings. The fraction of sp³-hybridized carbons (Fsp3) is 0.538. The van der Waals surface area contributed by atoms with E-state index in [-0.39, 0.29) is 0 Å². The lowest BCUT2D eigenvalue weighted by atomic mass is 10.1. The summed E-state index contributed by atoms with van der Waals surface area (Å²) in [6.45, 7) is 5.49. The van der Waals surface area contributed by atoms with E-state index in [1.165, 1.54) is 17.7 Å². The zero-order valence-electron chi connectivity index (χ0n) is 10.1. The Balaban J connectivity index is 2.07. The third-order valence-electron chi connectivity index (χ3n) is 3.45. The summed E-state index contributed by atoms with van der Waals surface area (Å²) >= 11 is 6.01. The summed E-state index contributed by atoms with van der Waals surface area (Å²) in [5.74, 6) is 0. The van der Waals surface area contributed by atoms with Crippen LogP contribution in [0.4, 0.5) is 5.69 Å². The second kappa shape index (κ2) is 4.64. The molecule has 0 radical (unpaired) electrons. The standard InChI is InChI=1S/C13H19ClN2/c1-9-4-5-11(14)7-13(9)15-12-6-10(2)16(3)8-12/h4-5,7,10,12,15H,6,8H2,1-3H3. The van der Waals surface area contributed by atoms with Gasteiger partial charge in [-0.25, -0.2) is 0 Å². The second-order valence-electron chi connectivity index (χ2n) is 4.82. The van der Waals surface area contributed by atoms with Crippen LogP contribution in [-0.4, -0.2) is 30.6 Å². The number of nitrogens with one attached hydrogen (secondary N) is 1. The molecule has 1 aromatic carbocycles. The molecule has 3 heteroatoms. The molecule has 88 valence electrons. The average molecular weight is 239 g/mol. The first kappa shape index (κ1) is 11.7. The van der Waals surface area contributed by atoms with Gasteiger partial charge in [0, 0.05) is 29.3 Å². The maximum atomic E-state index is 6.01. The number of anilines is 1. The Labute approximate surface area is 103 Å². The predicted octanol–water partition coefficient (Wildman–Crippen LogP) is 3.15. The van der Waals surface area contributed by atoms with Crippen LogP contribution in [0, 0.1) is 6.92 Å². The summed E-state index contributed by atoms with van der Waals surface area (Å²) in [7, 11) is 2.18. The van der Waals surface area contributed by atoms with Gasteiger partial charge in [0.1, 0.15) is 0 Å². The van der Waals surface area contributed by atoms with Crippen molar-refractivity contribution >= 4 is 17.3 Å². The van der Waals surface area contributed by atoms with Crippen LogP contribution in [0.3, 0.4) is 0 Å². The minimum absolute atomic E-state index is 0.539. The molecule has 2 atom stereocenters. The van der Waals surface area contributed by atoms with Gasteiger partial charge in [-0.1, -0.05) is 17.7 Å². The van der Waals surface area contributed by atoms with Crippen LogP contribution >= 0.6 is 11.6 Å². The number of nitrogens with zero attached hydrogens (tertiary/aromatic N) is 1. The van der Waals surface area contributed by atoms with Crippen molar-refractivity contribution in [2.24, 2.45) is 0 Å². The fourth-order valence-electron chi connectivity index (χ4n) is 2.27. The van der Waals surface area contributed by atoms with Crippen LogP contribution in [0.1, 0.15) is 18.9 Å². The van der Waals surface area contributed by atoms with Gasteiger partial charge in [0.2, 0.25) is 0 Å². The van der Waals surface area contributed by atoms with Gasteiger partial charge in [0.25, 0.3) is 0 Å². The highest BCUT2D eigenvalue weighted by Crippen LogP contribution is 2.24. The van der Waals surface area contributed by atoms with E-state index in [2.05, 4.69) is 37.2 Å². The first-order chi connectivity index (χ1) is 7.56. The van der Waals surface area contributed by atoms with Crippen molar-refractivity contribution in [1.82, 2.24) is 4.90 Å². The van der Waals surface area contributed by atoms with Crippen molar-refractivity contribution < 1.29 is 0 Å². The van der Waals surface area contributed by atoms with Crippen LogP contribution in [0.25, 0.3) is 0 Å². The molecule has 1 aliphatic rings. The summed E-state index contributed by atoms with van der Waals surface area (Å²) in [6, 6.07) is 7.21. The first-order valence-corrected chi connectivity index (χ1v) is 6.17. The number of hydrogen-bond donors (Lipinski definition) is 1. The van der Waals surface area contributed by atoms with Crippen LogP contribution in [0.2, 0.25) is 5.02 Å². The molecule has 1 heterocycles. The van der Waals surface area contributed by atoms with Gasteiger partial charge in [0.05, 0.1) is 0 Å². The second-order valence-corrected chi connectivity index (χ2v) is 5.26. The number of hydrogen-bond acceptors (Lipinski definition) is 2. The molecule has 2 rings (SSSR count). The first-order valence-electron chi connectivity index (χ1n) is 5.79. The summed E-state index contributed by atoms with van der Waals surface area (Å²) in [5, 5.41) is 4.38. The van der Waals surface area contributed by atoms with E-state index in [1.807, 2.05) is 12.1 Å². The SMILES string of the molecule is Cc1ccc(Cl)cc1NC1CC(C)N(C)C1. The molecule has 1 N–H and O–H groups in total. The van der Waals surface area contributed by atoms with Gasteiger partial charge in [-0.05, 0) is 45.0 Å². The van der Waals surface area contributed by atoms with E-state index < -0.39 is 0 Å². The molecule has 1 saturated heterocycles. The molecule has 0 aliphatic carbocycles. The summed E-state index contributed by atoms with van der Waals surface area (Å²) in [6.07, 6.45) is 1.20. The highest BCUT2D eigenvalue weighted by molar-refractivity contribution is 6.30. The largest absolute Gasteiger partial charge is 0.381 e. The third kappa shape index (κ3) is 2.50. The Morgan fingerprint density at radius 1 is 1.44 bits per heavy atom. The lowest BCUT2D eigenvalue weighted by molar-refractivity contribution is 0.330. The number of halogens is 1. The van der Waals surface area contributed by atoms with Gasteiger partial charge in [0.15, 0.2) is 0 Å². The number of benzene rings is 1. The number of likely N-dealkylation sites (N-methyl/N-ethyl adjacent to an activating group) is 1. The van der Waals surface area contributed by atoms with Gasteiger partial charge in [-0.15, -0.1) is 0 Å². The number of aryl methyl sites for hydroxylation is 1. The van der Waals surface area contributed by atoms with E-state index in [0.717, 1.165) is 11.6 Å². The number of likely N-dealkylation sites (tertiary alicyclic amines) is 1. The van der Waals surface area contributed by atoms with Crippen molar-refractivity contribution in [3.05, 3.63) is 28.8 Å². The molecule has 0 saturated carbocycles. The van der Waals surface area contributed by atoms with E-state index in [9.17, 15) is 0 Å². The Hall–Kier alpha value is -0.730. The van der Waals surface area contributed by atoms with Gasteiger partial charge < -0.3 is 10.2 Å². The molecule has 2 unspecified atom stereocenters. The Morgan fingerprint density at radius 2 is 2.19 bits per heavy atom. The number of rotatable bonds is 2. The molecule has 0 spiro atoms. The highest BCUT2D eigenvalue weighted by Gasteiger charge is 2.25.